The lowest BCUT2D eigenvalue weighted by Crippen LogP contribution is -2.43. The van der Waals surface area contributed by atoms with E-state index in [0.717, 1.165) is 35.2 Å². The van der Waals surface area contributed by atoms with Crippen molar-refractivity contribution in [3.05, 3.63) is 89.0 Å². The average Bonchev–Trinajstić information content (AvgIpc) is 3.26. The van der Waals surface area contributed by atoms with Gasteiger partial charge in [0.2, 0.25) is 5.91 Å². The summed E-state index contributed by atoms with van der Waals surface area (Å²) in [5, 5.41) is 14.8. The van der Waals surface area contributed by atoms with Gasteiger partial charge in [-0.05, 0) is 86.7 Å². The number of carbonyl (C=O) groups excluding carboxylic acids is 2. The summed E-state index contributed by atoms with van der Waals surface area (Å²) in [6.45, 7) is 6.23. The number of likely N-dealkylation sites (tertiary alicyclic amines) is 1. The zero-order valence-corrected chi connectivity index (χ0v) is 21.9. The Morgan fingerprint density at radius 2 is 1.61 bits per heavy atom. The predicted octanol–water partition coefficient (Wildman–Crippen LogP) is 5.65. The van der Waals surface area contributed by atoms with Crippen molar-refractivity contribution in [1.29, 1.82) is 0 Å². The number of aryl methyl sites for hydroxylation is 2. The van der Waals surface area contributed by atoms with Crippen molar-refractivity contribution in [1.82, 2.24) is 4.90 Å². The minimum absolute atomic E-state index is 0.0298. The van der Waals surface area contributed by atoms with E-state index < -0.39 is 5.97 Å². The third-order valence-electron chi connectivity index (χ3n) is 6.91. The van der Waals surface area contributed by atoms with Gasteiger partial charge in [0.1, 0.15) is 12.4 Å². The van der Waals surface area contributed by atoms with Gasteiger partial charge in [0.05, 0.1) is 18.0 Å². The third-order valence-corrected chi connectivity index (χ3v) is 6.91. The highest BCUT2D eigenvalue weighted by Gasteiger charge is 2.34. The molecule has 198 valence electrons. The van der Waals surface area contributed by atoms with E-state index >= 15 is 0 Å². The number of carboxylic acid groups (broad SMARTS) is 1. The highest BCUT2D eigenvalue weighted by Crippen LogP contribution is 2.27. The number of aromatic carboxylic acids is 1. The number of urea groups is 1. The summed E-state index contributed by atoms with van der Waals surface area (Å²) in [5.74, 6) is -0.378. The second-order valence-electron chi connectivity index (χ2n) is 9.74. The fourth-order valence-electron chi connectivity index (χ4n) is 4.80. The van der Waals surface area contributed by atoms with Crippen molar-refractivity contribution in [3.8, 4) is 5.75 Å². The molecule has 0 aromatic heterocycles. The second-order valence-corrected chi connectivity index (χ2v) is 9.74. The molecule has 3 aromatic carbocycles. The van der Waals surface area contributed by atoms with Crippen LogP contribution in [0.2, 0.25) is 0 Å². The summed E-state index contributed by atoms with van der Waals surface area (Å²) in [6.07, 6.45) is 2.00. The van der Waals surface area contributed by atoms with Gasteiger partial charge in [0, 0.05) is 17.4 Å². The molecule has 1 aliphatic heterocycles. The summed E-state index contributed by atoms with van der Waals surface area (Å²) >= 11 is 0. The minimum Gasteiger partial charge on any atom is -0.491 e. The molecular formula is C30H33N3O5. The molecular weight excluding hydrogens is 482 g/mol. The largest absolute Gasteiger partial charge is 0.491 e. The van der Waals surface area contributed by atoms with Crippen molar-refractivity contribution in [2.75, 3.05) is 17.2 Å². The van der Waals surface area contributed by atoms with E-state index in [9.17, 15) is 14.4 Å². The molecule has 1 saturated heterocycles. The zero-order chi connectivity index (χ0) is 27.2. The Bertz CT molecular complexity index is 1320. The summed E-state index contributed by atoms with van der Waals surface area (Å²) in [6, 6.07) is 19.2. The molecule has 1 heterocycles. The van der Waals surface area contributed by atoms with Crippen LogP contribution in [0.5, 0.6) is 5.75 Å². The van der Waals surface area contributed by atoms with Gasteiger partial charge in [-0.15, -0.1) is 0 Å². The Balaban J connectivity index is 1.34. The Kier molecular flexibility index (Phi) is 8.31. The molecule has 38 heavy (non-hydrogen) atoms. The molecule has 0 spiro atoms. The minimum atomic E-state index is -0.984. The van der Waals surface area contributed by atoms with Crippen LogP contribution in [0.15, 0.2) is 66.7 Å². The predicted molar refractivity (Wildman–Crippen MR) is 147 cm³/mol. The van der Waals surface area contributed by atoms with Gasteiger partial charge in [-0.25, -0.2) is 9.59 Å². The van der Waals surface area contributed by atoms with Gasteiger partial charge >= 0.3 is 12.0 Å². The van der Waals surface area contributed by atoms with Crippen molar-refractivity contribution in [2.24, 2.45) is 0 Å². The molecule has 1 fully saturated rings. The Labute approximate surface area is 222 Å². The lowest BCUT2D eigenvalue weighted by Gasteiger charge is -2.29. The maximum atomic E-state index is 13.3. The number of hydrogen-bond acceptors (Lipinski definition) is 4. The maximum absolute atomic E-state index is 13.3. The zero-order valence-electron chi connectivity index (χ0n) is 21.9. The summed E-state index contributed by atoms with van der Waals surface area (Å²) < 4.78 is 5.89. The van der Waals surface area contributed by atoms with Gasteiger partial charge in [-0.2, -0.15) is 0 Å². The molecule has 0 unspecified atom stereocenters. The van der Waals surface area contributed by atoms with Gasteiger partial charge in [-0.3, -0.25) is 4.79 Å². The van der Waals surface area contributed by atoms with E-state index in [-0.39, 0.29) is 36.0 Å². The van der Waals surface area contributed by atoms with Crippen LogP contribution in [0, 0.1) is 13.8 Å². The van der Waals surface area contributed by atoms with Crippen LogP contribution in [0.3, 0.4) is 0 Å². The molecule has 0 saturated carbocycles. The number of amides is 3. The first-order chi connectivity index (χ1) is 18.2. The van der Waals surface area contributed by atoms with Crippen LogP contribution in [-0.4, -0.2) is 46.6 Å². The van der Waals surface area contributed by atoms with E-state index in [1.165, 1.54) is 12.1 Å². The van der Waals surface area contributed by atoms with Crippen molar-refractivity contribution < 1.29 is 24.2 Å². The molecule has 0 aliphatic carbocycles. The van der Waals surface area contributed by atoms with Crippen LogP contribution < -0.4 is 15.4 Å². The van der Waals surface area contributed by atoms with Crippen LogP contribution in [0.1, 0.15) is 46.8 Å². The van der Waals surface area contributed by atoms with Crippen molar-refractivity contribution in [2.45, 2.75) is 52.1 Å². The fourth-order valence-corrected chi connectivity index (χ4v) is 4.80. The van der Waals surface area contributed by atoms with E-state index in [2.05, 4.69) is 10.6 Å². The van der Waals surface area contributed by atoms with E-state index in [0.29, 0.717) is 18.0 Å². The molecule has 8 nitrogen and oxygen atoms in total. The van der Waals surface area contributed by atoms with Gasteiger partial charge < -0.3 is 25.4 Å². The number of rotatable bonds is 8. The van der Waals surface area contributed by atoms with E-state index in [1.807, 2.05) is 68.1 Å². The van der Waals surface area contributed by atoms with Crippen LogP contribution in [0.4, 0.5) is 16.2 Å². The van der Waals surface area contributed by atoms with Crippen molar-refractivity contribution >= 4 is 29.3 Å². The first kappa shape index (κ1) is 26.7. The first-order valence-corrected chi connectivity index (χ1v) is 12.7. The average molecular weight is 516 g/mol. The summed E-state index contributed by atoms with van der Waals surface area (Å²) in [7, 11) is 0. The molecule has 2 atom stereocenters. The lowest BCUT2D eigenvalue weighted by molar-refractivity contribution is -0.133. The molecule has 3 aromatic rings. The standard InChI is InChI=1S/C30H33N3O5/c1-19-6-4-5-7-26(19)31-30(37)32-27-15-9-22(16-20(27)2)17-28(34)33-21(3)8-12-24(33)18-38-25-13-10-23(11-14-25)29(35)36/h4-7,9-11,13-16,21,24H,8,12,17-18H2,1-3H3,(H,35,36)(H2,31,32,37)/t21-,24-/m0/s1. The normalized spacial score (nSPS) is 16.7. The first-order valence-electron chi connectivity index (χ1n) is 12.7. The quantitative estimate of drug-likeness (QED) is 0.359. The maximum Gasteiger partial charge on any atom is 0.335 e. The number of carbonyl (C=O) groups is 3. The number of benzene rings is 3. The molecule has 3 N–H and O–H groups in total. The Morgan fingerprint density at radius 1 is 0.921 bits per heavy atom. The second kappa shape index (κ2) is 11.8. The van der Waals surface area contributed by atoms with Gasteiger partial charge in [0.15, 0.2) is 0 Å². The fraction of sp³-hybridized carbons (Fsp3) is 0.300. The molecule has 0 radical (unpaired) electrons. The number of para-hydroxylation sites is 1. The highest BCUT2D eigenvalue weighted by atomic mass is 16.5. The molecule has 8 heteroatoms. The number of anilines is 2. The summed E-state index contributed by atoms with van der Waals surface area (Å²) in [5.41, 5.74) is 4.36. The SMILES string of the molecule is Cc1ccccc1NC(=O)Nc1ccc(CC(=O)N2[C@H](COc3ccc(C(=O)O)cc3)CC[C@@H]2C)cc1C. The third kappa shape index (κ3) is 6.51. The number of nitrogens with one attached hydrogen (secondary N) is 2. The number of nitrogens with zero attached hydrogens (tertiary/aromatic N) is 1. The number of carboxylic acids is 1. The van der Waals surface area contributed by atoms with Crippen LogP contribution in [0.25, 0.3) is 0 Å². The topological polar surface area (TPSA) is 108 Å². The van der Waals surface area contributed by atoms with Crippen LogP contribution in [-0.2, 0) is 11.2 Å². The molecule has 3 amide bonds. The van der Waals surface area contributed by atoms with Gasteiger partial charge in [0.25, 0.3) is 0 Å². The van der Waals surface area contributed by atoms with Gasteiger partial charge in [-0.1, -0.05) is 30.3 Å². The number of ether oxygens (including phenoxy) is 1. The monoisotopic (exact) mass is 515 g/mol. The summed E-state index contributed by atoms with van der Waals surface area (Å²) in [4.78, 5) is 38.7. The van der Waals surface area contributed by atoms with E-state index in [4.69, 9.17) is 9.84 Å². The molecule has 0 bridgehead atoms. The smallest absolute Gasteiger partial charge is 0.335 e. The van der Waals surface area contributed by atoms with Crippen LogP contribution >= 0.6 is 0 Å². The highest BCUT2D eigenvalue weighted by molar-refractivity contribution is 6.00. The van der Waals surface area contributed by atoms with E-state index in [1.54, 1.807) is 12.1 Å². The molecule has 1 aliphatic rings. The lowest BCUT2D eigenvalue weighted by atomic mass is 10.1. The Morgan fingerprint density at radius 3 is 2.26 bits per heavy atom. The Hall–Kier alpha value is -4.33. The molecule has 4 rings (SSSR count). The van der Waals surface area contributed by atoms with Crippen molar-refractivity contribution in [3.63, 3.8) is 0 Å². The number of hydrogen-bond donors (Lipinski definition) is 3.